The van der Waals surface area contributed by atoms with E-state index in [0.29, 0.717) is 0 Å². The van der Waals surface area contributed by atoms with Crippen molar-refractivity contribution in [3.8, 4) is 0 Å². The van der Waals surface area contributed by atoms with Crippen molar-refractivity contribution in [2.45, 2.75) is 51.7 Å². The van der Waals surface area contributed by atoms with Crippen molar-refractivity contribution in [2.75, 3.05) is 6.54 Å². The second-order valence-corrected chi connectivity index (χ2v) is 6.54. The third-order valence-electron chi connectivity index (χ3n) is 3.91. The van der Waals surface area contributed by atoms with E-state index >= 15 is 0 Å². The summed E-state index contributed by atoms with van der Waals surface area (Å²) in [4.78, 5) is 1.39. The van der Waals surface area contributed by atoms with Crippen LogP contribution in [-0.2, 0) is 6.54 Å². The smallest absolute Gasteiger partial charge is 0.0771 e. The number of thiophene rings is 1. The van der Waals surface area contributed by atoms with Gasteiger partial charge in [-0.25, -0.2) is 0 Å². The Morgan fingerprint density at radius 1 is 1.47 bits per heavy atom. The molecule has 1 heterocycles. The van der Waals surface area contributed by atoms with E-state index in [0.717, 1.165) is 44.7 Å². The maximum atomic E-state index is 10.4. The molecular formula is C14H23NOS. The van der Waals surface area contributed by atoms with Crippen molar-refractivity contribution in [1.82, 2.24) is 5.32 Å². The van der Waals surface area contributed by atoms with Crippen LogP contribution in [0.2, 0.25) is 0 Å². The van der Waals surface area contributed by atoms with Gasteiger partial charge in [-0.2, -0.15) is 0 Å². The summed E-state index contributed by atoms with van der Waals surface area (Å²) in [6, 6.07) is 2.15. The lowest BCUT2D eigenvalue weighted by molar-refractivity contribution is -0.00626. The average Bonchev–Trinajstić information content (AvgIpc) is 2.70. The molecule has 96 valence electrons. The Labute approximate surface area is 108 Å². The van der Waals surface area contributed by atoms with Crippen LogP contribution >= 0.6 is 11.3 Å². The Hall–Kier alpha value is -0.380. The average molecular weight is 253 g/mol. The molecule has 1 fully saturated rings. The lowest BCUT2D eigenvalue weighted by Gasteiger charge is -2.35. The van der Waals surface area contributed by atoms with Gasteiger partial charge in [0, 0.05) is 18.0 Å². The molecule has 0 bridgehead atoms. The Bertz CT molecular complexity index is 353. The zero-order valence-electron chi connectivity index (χ0n) is 10.8. The lowest BCUT2D eigenvalue weighted by atomic mass is 9.79. The van der Waals surface area contributed by atoms with E-state index in [1.54, 1.807) is 11.3 Å². The molecule has 0 unspecified atom stereocenters. The third kappa shape index (κ3) is 3.54. The molecule has 0 spiro atoms. The van der Waals surface area contributed by atoms with Crippen LogP contribution in [0.4, 0.5) is 0 Å². The summed E-state index contributed by atoms with van der Waals surface area (Å²) in [6.45, 7) is 6.05. The fourth-order valence-corrected chi connectivity index (χ4v) is 3.35. The van der Waals surface area contributed by atoms with Crippen molar-refractivity contribution in [1.29, 1.82) is 0 Å². The van der Waals surface area contributed by atoms with E-state index in [1.807, 2.05) is 0 Å². The molecular weight excluding hydrogens is 230 g/mol. The van der Waals surface area contributed by atoms with E-state index < -0.39 is 5.60 Å². The van der Waals surface area contributed by atoms with Crippen LogP contribution in [-0.4, -0.2) is 17.3 Å². The minimum Gasteiger partial charge on any atom is -0.389 e. The van der Waals surface area contributed by atoms with Crippen molar-refractivity contribution < 1.29 is 5.11 Å². The van der Waals surface area contributed by atoms with Gasteiger partial charge in [-0.1, -0.05) is 6.92 Å². The summed E-state index contributed by atoms with van der Waals surface area (Å²) in [7, 11) is 0. The Balaban J connectivity index is 1.76. The molecule has 17 heavy (non-hydrogen) atoms. The Morgan fingerprint density at radius 2 is 2.18 bits per heavy atom. The Kier molecular flexibility index (Phi) is 4.23. The molecule has 2 rings (SSSR count). The van der Waals surface area contributed by atoms with E-state index in [2.05, 4.69) is 30.6 Å². The Morgan fingerprint density at radius 3 is 2.76 bits per heavy atom. The summed E-state index contributed by atoms with van der Waals surface area (Å²) in [5.41, 5.74) is 0.893. The molecule has 0 amide bonds. The van der Waals surface area contributed by atoms with Gasteiger partial charge in [0.25, 0.3) is 0 Å². The largest absolute Gasteiger partial charge is 0.389 e. The van der Waals surface area contributed by atoms with Gasteiger partial charge >= 0.3 is 0 Å². The minimum atomic E-state index is -0.461. The topological polar surface area (TPSA) is 32.3 Å². The van der Waals surface area contributed by atoms with Gasteiger partial charge in [0.15, 0.2) is 0 Å². The summed E-state index contributed by atoms with van der Waals surface area (Å²) < 4.78 is 0. The number of nitrogens with one attached hydrogen (secondary N) is 1. The summed E-state index contributed by atoms with van der Waals surface area (Å²) in [6.07, 6.45) is 4.22. The molecule has 3 heteroatoms. The van der Waals surface area contributed by atoms with Gasteiger partial charge in [-0.15, -0.1) is 11.3 Å². The van der Waals surface area contributed by atoms with Crippen LogP contribution in [0.5, 0.6) is 0 Å². The van der Waals surface area contributed by atoms with Gasteiger partial charge in [-0.05, 0) is 55.5 Å². The highest BCUT2D eigenvalue weighted by Crippen LogP contribution is 2.31. The van der Waals surface area contributed by atoms with Crippen LogP contribution in [0.25, 0.3) is 0 Å². The van der Waals surface area contributed by atoms with Gasteiger partial charge < -0.3 is 10.4 Å². The minimum absolute atomic E-state index is 0.461. The number of aliphatic hydroxyl groups is 1. The predicted octanol–water partition coefficient (Wildman–Crippen LogP) is 3.09. The highest BCUT2D eigenvalue weighted by Gasteiger charge is 2.31. The second-order valence-electron chi connectivity index (χ2n) is 5.54. The zero-order valence-corrected chi connectivity index (χ0v) is 11.6. The van der Waals surface area contributed by atoms with Gasteiger partial charge in [0.05, 0.1) is 5.60 Å². The quantitative estimate of drug-likeness (QED) is 0.864. The first-order valence-corrected chi connectivity index (χ1v) is 7.43. The van der Waals surface area contributed by atoms with Crippen molar-refractivity contribution in [2.24, 2.45) is 5.92 Å². The fraction of sp³-hybridized carbons (Fsp3) is 0.714. The molecule has 0 atom stereocenters. The second kappa shape index (κ2) is 5.51. The van der Waals surface area contributed by atoms with E-state index in [1.165, 1.54) is 10.4 Å². The molecule has 1 aromatic heterocycles. The van der Waals surface area contributed by atoms with Crippen LogP contribution < -0.4 is 5.32 Å². The third-order valence-corrected chi connectivity index (χ3v) is 4.94. The first-order valence-electron chi connectivity index (χ1n) is 6.55. The van der Waals surface area contributed by atoms with Gasteiger partial charge in [-0.3, -0.25) is 0 Å². The zero-order chi connectivity index (χ0) is 12.3. The monoisotopic (exact) mass is 253 g/mol. The summed E-state index contributed by atoms with van der Waals surface area (Å²) in [5, 5.41) is 16.0. The normalized spacial score (nSPS) is 29.5. The highest BCUT2D eigenvalue weighted by atomic mass is 32.1. The highest BCUT2D eigenvalue weighted by molar-refractivity contribution is 7.10. The van der Waals surface area contributed by atoms with Crippen molar-refractivity contribution in [3.63, 3.8) is 0 Å². The van der Waals surface area contributed by atoms with Crippen molar-refractivity contribution >= 4 is 11.3 Å². The molecule has 2 nitrogen and oxygen atoms in total. The van der Waals surface area contributed by atoms with Gasteiger partial charge in [0.1, 0.15) is 0 Å². The van der Waals surface area contributed by atoms with Crippen LogP contribution in [0.15, 0.2) is 11.4 Å². The van der Waals surface area contributed by atoms with Crippen molar-refractivity contribution in [3.05, 3.63) is 21.9 Å². The molecule has 1 aliphatic carbocycles. The molecule has 0 saturated heterocycles. The maximum absolute atomic E-state index is 10.4. The standard InChI is InChI=1S/C14H23NOS/c1-11-3-6-14(16,7-4-11)10-15-9-13-12(2)5-8-17-13/h5,8,11,15-16H,3-4,6-7,9-10H2,1-2H3. The lowest BCUT2D eigenvalue weighted by Crippen LogP contribution is -2.43. The molecule has 0 aromatic carbocycles. The number of rotatable bonds is 4. The number of hydrogen-bond acceptors (Lipinski definition) is 3. The van der Waals surface area contributed by atoms with E-state index in [-0.39, 0.29) is 0 Å². The molecule has 0 aliphatic heterocycles. The molecule has 0 radical (unpaired) electrons. The number of aryl methyl sites for hydroxylation is 1. The first-order chi connectivity index (χ1) is 8.09. The maximum Gasteiger partial charge on any atom is 0.0771 e. The SMILES string of the molecule is Cc1ccsc1CNCC1(O)CCC(C)CC1. The summed E-state index contributed by atoms with van der Waals surface area (Å²) in [5.74, 6) is 0.787. The van der Waals surface area contributed by atoms with E-state index in [4.69, 9.17) is 0 Å². The van der Waals surface area contributed by atoms with Crippen LogP contribution in [0.1, 0.15) is 43.0 Å². The molecule has 1 aromatic rings. The van der Waals surface area contributed by atoms with Gasteiger partial charge in [0.2, 0.25) is 0 Å². The molecule has 1 saturated carbocycles. The molecule has 1 aliphatic rings. The fourth-order valence-electron chi connectivity index (χ4n) is 2.47. The predicted molar refractivity (Wildman–Crippen MR) is 73.3 cm³/mol. The van der Waals surface area contributed by atoms with Crippen LogP contribution in [0, 0.1) is 12.8 Å². The summed E-state index contributed by atoms with van der Waals surface area (Å²) >= 11 is 1.79. The number of hydrogen-bond donors (Lipinski definition) is 2. The van der Waals surface area contributed by atoms with Crippen LogP contribution in [0.3, 0.4) is 0 Å². The first kappa shape index (κ1) is 13.1. The van der Waals surface area contributed by atoms with E-state index in [9.17, 15) is 5.11 Å². The molecule has 2 N–H and O–H groups in total.